The molecule has 0 aliphatic rings. The maximum Gasteiger partial charge on any atom is 0.254 e. The fourth-order valence-corrected chi connectivity index (χ4v) is 1.12. The lowest BCUT2D eigenvalue weighted by Gasteiger charge is -2.15. The number of nitrogens with zero attached hydrogens (tertiary/aromatic N) is 1. The van der Waals surface area contributed by atoms with Crippen LogP contribution in [0.4, 0.5) is 8.78 Å². The van der Waals surface area contributed by atoms with Crippen LogP contribution in [0, 0.1) is 17.7 Å². The average molecular weight is 244 g/mol. The van der Waals surface area contributed by atoms with Crippen LogP contribution < -0.4 is 5.32 Å². The van der Waals surface area contributed by atoms with Gasteiger partial charge in [-0.15, -0.1) is 0 Å². The van der Waals surface area contributed by atoms with E-state index in [1.165, 1.54) is 0 Å². The summed E-state index contributed by atoms with van der Waals surface area (Å²) in [4.78, 5) is 14.6. The molecular weight excluding hydrogens is 230 g/mol. The molecule has 1 atom stereocenters. The Bertz CT molecular complexity index is 410. The van der Waals surface area contributed by atoms with Crippen molar-refractivity contribution in [2.45, 2.75) is 20.0 Å². The van der Waals surface area contributed by atoms with Crippen LogP contribution in [0.1, 0.15) is 24.2 Å². The molecule has 0 saturated heterocycles. The fourth-order valence-electron chi connectivity index (χ4n) is 1.12. The van der Waals surface area contributed by atoms with E-state index < -0.39 is 29.3 Å². The van der Waals surface area contributed by atoms with Crippen molar-refractivity contribution in [3.05, 3.63) is 29.6 Å². The molecule has 1 heterocycles. The van der Waals surface area contributed by atoms with Crippen LogP contribution in [0.3, 0.4) is 0 Å². The van der Waals surface area contributed by atoms with Gasteiger partial charge < -0.3 is 10.4 Å². The van der Waals surface area contributed by atoms with Crippen LogP contribution in [0.2, 0.25) is 0 Å². The number of hydrogen-bond acceptors (Lipinski definition) is 3. The minimum absolute atomic E-state index is 0.0140. The van der Waals surface area contributed by atoms with E-state index in [2.05, 4.69) is 10.3 Å². The molecule has 0 fully saturated rings. The smallest absolute Gasteiger partial charge is 0.254 e. The fraction of sp³-hybridized carbons (Fsp3) is 0.455. The van der Waals surface area contributed by atoms with Crippen molar-refractivity contribution in [3.8, 4) is 0 Å². The molecule has 0 aliphatic heterocycles. The standard InChI is InChI=1S/C11H14F2N2O2/c1-6(2)8(16)5-15-11(17)7-3-4-14-10(13)9(7)12/h3-4,6,8,16H,5H2,1-2H3,(H,15,17). The SMILES string of the molecule is CC(C)C(O)CNC(=O)c1ccnc(F)c1F. The van der Waals surface area contributed by atoms with E-state index >= 15 is 0 Å². The second-order valence-electron chi connectivity index (χ2n) is 3.98. The monoisotopic (exact) mass is 244 g/mol. The number of aromatic nitrogens is 1. The third-order valence-electron chi connectivity index (χ3n) is 2.33. The molecule has 1 amide bonds. The number of pyridine rings is 1. The van der Waals surface area contributed by atoms with Crippen molar-refractivity contribution in [2.24, 2.45) is 5.92 Å². The molecule has 2 N–H and O–H groups in total. The Morgan fingerprint density at radius 3 is 2.76 bits per heavy atom. The third-order valence-corrected chi connectivity index (χ3v) is 2.33. The number of aliphatic hydroxyl groups is 1. The van der Waals surface area contributed by atoms with Crippen molar-refractivity contribution >= 4 is 5.91 Å². The molecule has 1 unspecified atom stereocenters. The lowest BCUT2D eigenvalue weighted by Crippen LogP contribution is -2.35. The molecule has 17 heavy (non-hydrogen) atoms. The molecule has 0 spiro atoms. The Labute approximate surface area is 97.7 Å². The Morgan fingerprint density at radius 2 is 2.18 bits per heavy atom. The molecule has 1 aromatic heterocycles. The number of carbonyl (C=O) groups excluding carboxylic acids is 1. The van der Waals surface area contributed by atoms with Crippen molar-refractivity contribution in [1.82, 2.24) is 10.3 Å². The van der Waals surface area contributed by atoms with Gasteiger partial charge in [0.15, 0.2) is 5.82 Å². The minimum Gasteiger partial charge on any atom is -0.391 e. The summed E-state index contributed by atoms with van der Waals surface area (Å²) in [5.74, 6) is -3.41. The van der Waals surface area contributed by atoms with Crippen LogP contribution in [-0.2, 0) is 0 Å². The number of rotatable bonds is 4. The van der Waals surface area contributed by atoms with Crippen LogP contribution in [0.5, 0.6) is 0 Å². The summed E-state index contributed by atoms with van der Waals surface area (Å²) >= 11 is 0. The van der Waals surface area contributed by atoms with E-state index in [1.54, 1.807) is 13.8 Å². The summed E-state index contributed by atoms with van der Waals surface area (Å²) in [5.41, 5.74) is -0.423. The van der Waals surface area contributed by atoms with Crippen molar-refractivity contribution < 1.29 is 18.7 Å². The van der Waals surface area contributed by atoms with E-state index in [4.69, 9.17) is 0 Å². The molecule has 0 radical (unpaired) electrons. The Morgan fingerprint density at radius 1 is 1.53 bits per heavy atom. The van der Waals surface area contributed by atoms with Gasteiger partial charge in [-0.3, -0.25) is 4.79 Å². The maximum atomic E-state index is 13.2. The second kappa shape index (κ2) is 5.67. The van der Waals surface area contributed by atoms with Gasteiger partial charge in [-0.2, -0.15) is 4.39 Å². The van der Waals surface area contributed by atoms with Crippen LogP contribution in [0.25, 0.3) is 0 Å². The number of halogens is 2. The van der Waals surface area contributed by atoms with Gasteiger partial charge in [-0.25, -0.2) is 9.37 Å². The van der Waals surface area contributed by atoms with Crippen LogP contribution in [0.15, 0.2) is 12.3 Å². The van der Waals surface area contributed by atoms with Gasteiger partial charge in [0.25, 0.3) is 5.91 Å². The van der Waals surface area contributed by atoms with Gasteiger partial charge in [0, 0.05) is 12.7 Å². The molecule has 1 rings (SSSR count). The van der Waals surface area contributed by atoms with Crippen molar-refractivity contribution in [3.63, 3.8) is 0 Å². The third kappa shape index (κ3) is 3.45. The zero-order valence-corrected chi connectivity index (χ0v) is 9.58. The first-order valence-corrected chi connectivity index (χ1v) is 5.19. The highest BCUT2D eigenvalue weighted by molar-refractivity contribution is 5.94. The molecular formula is C11H14F2N2O2. The summed E-state index contributed by atoms with van der Waals surface area (Å²) in [6, 6.07) is 1.08. The number of aliphatic hydroxyl groups excluding tert-OH is 1. The van der Waals surface area contributed by atoms with E-state index in [1.807, 2.05) is 0 Å². The van der Waals surface area contributed by atoms with Gasteiger partial charge >= 0.3 is 0 Å². The zero-order chi connectivity index (χ0) is 13.0. The number of hydrogen-bond donors (Lipinski definition) is 2. The molecule has 0 aliphatic carbocycles. The van der Waals surface area contributed by atoms with E-state index in [0.717, 1.165) is 12.3 Å². The van der Waals surface area contributed by atoms with E-state index in [9.17, 15) is 18.7 Å². The Kier molecular flexibility index (Phi) is 4.51. The predicted octanol–water partition coefficient (Wildman–Crippen LogP) is 1.11. The molecule has 0 saturated carbocycles. The average Bonchev–Trinajstić information content (AvgIpc) is 2.29. The molecule has 4 nitrogen and oxygen atoms in total. The maximum absolute atomic E-state index is 13.2. The summed E-state index contributed by atoms with van der Waals surface area (Å²) in [7, 11) is 0. The van der Waals surface area contributed by atoms with E-state index in [0.29, 0.717) is 0 Å². The molecule has 0 bridgehead atoms. The predicted molar refractivity (Wildman–Crippen MR) is 57.3 cm³/mol. The quantitative estimate of drug-likeness (QED) is 0.780. The molecule has 94 valence electrons. The Hall–Kier alpha value is -1.56. The Balaban J connectivity index is 2.68. The molecule has 0 aromatic carbocycles. The topological polar surface area (TPSA) is 62.2 Å². The van der Waals surface area contributed by atoms with Crippen molar-refractivity contribution in [1.29, 1.82) is 0 Å². The summed E-state index contributed by atoms with van der Waals surface area (Å²) in [5, 5.41) is 11.8. The number of carbonyl (C=O) groups is 1. The minimum atomic E-state index is -1.32. The summed E-state index contributed by atoms with van der Waals surface area (Å²) < 4.78 is 25.9. The number of amides is 1. The first-order valence-electron chi connectivity index (χ1n) is 5.19. The van der Waals surface area contributed by atoms with Crippen molar-refractivity contribution in [2.75, 3.05) is 6.54 Å². The summed E-state index contributed by atoms with van der Waals surface area (Å²) in [6.07, 6.45) is 0.278. The molecule has 1 aromatic rings. The lowest BCUT2D eigenvalue weighted by atomic mass is 10.1. The van der Waals surface area contributed by atoms with Gasteiger partial charge in [0.2, 0.25) is 5.95 Å². The zero-order valence-electron chi connectivity index (χ0n) is 9.58. The van der Waals surface area contributed by atoms with Gasteiger partial charge in [-0.1, -0.05) is 13.8 Å². The largest absolute Gasteiger partial charge is 0.391 e. The number of nitrogens with one attached hydrogen (secondary N) is 1. The highest BCUT2D eigenvalue weighted by Crippen LogP contribution is 2.08. The lowest BCUT2D eigenvalue weighted by molar-refractivity contribution is 0.0866. The van der Waals surface area contributed by atoms with E-state index in [-0.39, 0.29) is 12.5 Å². The van der Waals surface area contributed by atoms with Gasteiger partial charge in [0.1, 0.15) is 0 Å². The van der Waals surface area contributed by atoms with Gasteiger partial charge in [-0.05, 0) is 12.0 Å². The van der Waals surface area contributed by atoms with Crippen LogP contribution in [-0.4, -0.2) is 28.6 Å². The second-order valence-corrected chi connectivity index (χ2v) is 3.98. The summed E-state index contributed by atoms with van der Waals surface area (Å²) in [6.45, 7) is 3.55. The molecule has 6 heteroatoms. The van der Waals surface area contributed by atoms with Gasteiger partial charge in [0.05, 0.1) is 11.7 Å². The highest BCUT2D eigenvalue weighted by Gasteiger charge is 2.17. The first kappa shape index (κ1) is 13.5. The van der Waals surface area contributed by atoms with Crippen LogP contribution >= 0.6 is 0 Å². The normalized spacial score (nSPS) is 12.6. The first-order chi connectivity index (χ1) is 7.93. The highest BCUT2D eigenvalue weighted by atomic mass is 19.2.